The van der Waals surface area contributed by atoms with E-state index in [1.165, 1.54) is 5.56 Å². The molecule has 1 aromatic carbocycles. The van der Waals surface area contributed by atoms with Gasteiger partial charge in [-0.1, -0.05) is 43.2 Å². The van der Waals surface area contributed by atoms with Gasteiger partial charge >= 0.3 is 42.5 Å². The number of carbonyl (C=O) groups is 5. The number of amides is 2. The Morgan fingerprint density at radius 1 is 0.732 bits per heavy atom. The molecule has 0 saturated heterocycles. The molecule has 2 amide bonds. The SMILES string of the molecule is CC(N)CCN(CCCCNC(=O)OCC(=O)NCCCCCCN=C(N)N)Cc1ccccc1.O=C(O)C(F)(F)F.O=C(O)C(F)(F)F.O=C(O)C(F)(F)F. The number of carbonyl (C=O) groups excluding carboxylic acids is 2. The summed E-state index contributed by atoms with van der Waals surface area (Å²) in [5.74, 6) is -8.46. The Morgan fingerprint density at radius 3 is 1.62 bits per heavy atom. The molecule has 1 unspecified atom stereocenters. The smallest absolute Gasteiger partial charge is 0.475 e. The summed E-state index contributed by atoms with van der Waals surface area (Å²) in [6.07, 6.45) is -9.39. The number of carboxylic acids is 3. The average Bonchev–Trinajstić information content (AvgIpc) is 3.07. The predicted octanol–water partition coefficient (Wildman–Crippen LogP) is 3.58. The third-order valence-electron chi connectivity index (χ3n) is 6.08. The van der Waals surface area contributed by atoms with Crippen molar-refractivity contribution < 1.29 is 83.5 Å². The van der Waals surface area contributed by atoms with Crippen LogP contribution in [-0.4, -0.2) is 120 Å². The lowest BCUT2D eigenvalue weighted by atomic mass is 10.1. The van der Waals surface area contributed by atoms with Crippen LogP contribution in [0.4, 0.5) is 44.3 Å². The maximum atomic E-state index is 11.8. The van der Waals surface area contributed by atoms with E-state index in [0.717, 1.165) is 64.6 Å². The van der Waals surface area contributed by atoms with Crippen molar-refractivity contribution in [3.05, 3.63) is 35.9 Å². The fraction of sp³-hybridized carbons (Fsp3) is 0.613. The van der Waals surface area contributed by atoms with Gasteiger partial charge in [0.1, 0.15) is 0 Å². The molecule has 0 aliphatic rings. The molecule has 0 aromatic heterocycles. The number of nitrogens with two attached hydrogens (primary N) is 3. The van der Waals surface area contributed by atoms with Crippen LogP contribution in [0.5, 0.6) is 0 Å². The van der Waals surface area contributed by atoms with Gasteiger partial charge in [0.2, 0.25) is 0 Å². The number of benzene rings is 1. The lowest BCUT2D eigenvalue weighted by molar-refractivity contribution is -0.193. The molecule has 0 aliphatic heterocycles. The number of hydrogen-bond acceptors (Lipinski definition) is 9. The zero-order valence-corrected chi connectivity index (χ0v) is 30.2. The largest absolute Gasteiger partial charge is 0.490 e. The highest BCUT2D eigenvalue weighted by molar-refractivity contribution is 5.80. The maximum absolute atomic E-state index is 11.8. The van der Waals surface area contributed by atoms with Gasteiger partial charge in [0.05, 0.1) is 0 Å². The zero-order chi connectivity index (χ0) is 44.0. The summed E-state index contributed by atoms with van der Waals surface area (Å²) in [6.45, 7) is 6.17. The van der Waals surface area contributed by atoms with E-state index in [9.17, 15) is 49.1 Å². The molecule has 0 saturated carbocycles. The molecule has 0 fully saturated rings. The summed E-state index contributed by atoms with van der Waals surface area (Å²) in [7, 11) is 0. The summed E-state index contributed by atoms with van der Waals surface area (Å²) < 4.78 is 100. The van der Waals surface area contributed by atoms with E-state index in [2.05, 4.69) is 32.7 Å². The number of alkyl carbamates (subject to hydrolysis) is 1. The molecule has 11 N–H and O–H groups in total. The van der Waals surface area contributed by atoms with Crippen molar-refractivity contribution in [1.29, 1.82) is 0 Å². The Labute approximate surface area is 315 Å². The van der Waals surface area contributed by atoms with E-state index in [4.69, 9.17) is 51.6 Å². The van der Waals surface area contributed by atoms with Crippen LogP contribution in [0, 0.1) is 0 Å². The minimum Gasteiger partial charge on any atom is -0.475 e. The van der Waals surface area contributed by atoms with Crippen molar-refractivity contribution in [3.63, 3.8) is 0 Å². The summed E-state index contributed by atoms with van der Waals surface area (Å²) in [6, 6.07) is 10.5. The summed E-state index contributed by atoms with van der Waals surface area (Å²) in [5, 5.41) is 26.8. The Kier molecular flexibility index (Phi) is 29.8. The fourth-order valence-electron chi connectivity index (χ4n) is 3.41. The molecule has 0 heterocycles. The normalized spacial score (nSPS) is 11.5. The van der Waals surface area contributed by atoms with Gasteiger partial charge in [0.25, 0.3) is 5.91 Å². The molecule has 1 rings (SSSR count). The Hall–Kier alpha value is -5.07. The number of rotatable bonds is 19. The van der Waals surface area contributed by atoms with Crippen molar-refractivity contribution in [3.8, 4) is 0 Å². The van der Waals surface area contributed by atoms with E-state index in [1.807, 2.05) is 25.1 Å². The summed E-state index contributed by atoms with van der Waals surface area (Å²) in [4.78, 5) is 56.6. The molecule has 0 spiro atoms. The maximum Gasteiger partial charge on any atom is 0.490 e. The topological polar surface area (TPSA) is 273 Å². The van der Waals surface area contributed by atoms with Crippen LogP contribution in [0.15, 0.2) is 35.3 Å². The van der Waals surface area contributed by atoms with Crippen LogP contribution in [0.1, 0.15) is 57.4 Å². The number of alkyl halides is 9. The number of carboxylic acid groups (broad SMARTS) is 3. The predicted molar refractivity (Wildman–Crippen MR) is 182 cm³/mol. The van der Waals surface area contributed by atoms with Gasteiger partial charge in [-0.2, -0.15) is 39.5 Å². The van der Waals surface area contributed by atoms with Crippen molar-refractivity contribution in [2.45, 2.75) is 83.0 Å². The monoisotopic (exact) mass is 833 g/mol. The van der Waals surface area contributed by atoms with E-state index in [0.29, 0.717) is 19.6 Å². The first-order valence-corrected chi connectivity index (χ1v) is 16.3. The molecule has 56 heavy (non-hydrogen) atoms. The van der Waals surface area contributed by atoms with Gasteiger partial charge in [0.15, 0.2) is 12.6 Å². The third kappa shape index (κ3) is 38.6. The minimum atomic E-state index is -5.08. The summed E-state index contributed by atoms with van der Waals surface area (Å²) >= 11 is 0. The van der Waals surface area contributed by atoms with Crippen LogP contribution >= 0.6 is 0 Å². The van der Waals surface area contributed by atoms with E-state index < -0.39 is 42.5 Å². The molecule has 1 atom stereocenters. The number of aliphatic imine (C=N–C) groups is 1. The van der Waals surface area contributed by atoms with Crippen molar-refractivity contribution in [1.82, 2.24) is 15.5 Å². The van der Waals surface area contributed by atoms with Gasteiger partial charge in [-0.15, -0.1) is 0 Å². The van der Waals surface area contributed by atoms with Gasteiger partial charge < -0.3 is 47.9 Å². The number of guanidine groups is 1. The summed E-state index contributed by atoms with van der Waals surface area (Å²) in [5.41, 5.74) is 17.7. The highest BCUT2D eigenvalue weighted by atomic mass is 19.4. The lowest BCUT2D eigenvalue weighted by Crippen LogP contribution is -2.33. The van der Waals surface area contributed by atoms with E-state index in [1.54, 1.807) is 0 Å². The fourth-order valence-corrected chi connectivity index (χ4v) is 3.41. The second-order valence-electron chi connectivity index (χ2n) is 11.2. The van der Waals surface area contributed by atoms with E-state index in [-0.39, 0.29) is 24.5 Å². The molecular formula is C31H48F9N7O9. The van der Waals surface area contributed by atoms with E-state index >= 15 is 0 Å². The van der Waals surface area contributed by atoms with Crippen LogP contribution < -0.4 is 27.8 Å². The Bertz CT molecular complexity index is 1240. The number of ether oxygens (including phenoxy) is 1. The quantitative estimate of drug-likeness (QED) is 0.0429. The number of halogens is 9. The second kappa shape index (κ2) is 30.2. The first-order chi connectivity index (χ1) is 25.7. The molecule has 16 nitrogen and oxygen atoms in total. The van der Waals surface area contributed by atoms with Crippen LogP contribution in [-0.2, 0) is 30.5 Å². The third-order valence-corrected chi connectivity index (χ3v) is 6.08. The first kappa shape index (κ1) is 55.3. The minimum absolute atomic E-state index is 0.111. The van der Waals surface area contributed by atoms with Crippen LogP contribution in [0.2, 0.25) is 0 Å². The van der Waals surface area contributed by atoms with Crippen molar-refractivity contribution in [2.75, 3.05) is 39.3 Å². The number of nitrogens with zero attached hydrogens (tertiary/aromatic N) is 2. The molecule has 25 heteroatoms. The van der Waals surface area contributed by atoms with Crippen LogP contribution in [0.3, 0.4) is 0 Å². The van der Waals surface area contributed by atoms with Crippen molar-refractivity contribution >= 4 is 35.9 Å². The average molecular weight is 834 g/mol. The molecule has 324 valence electrons. The standard InChI is InChI=1S/C25H45N7O3.3C2HF3O2/c1-21(26)13-18-32(19-22-11-5-4-6-12-22)17-10-9-16-31-25(34)35-20-23(33)29-14-7-2-3-8-15-30-24(27)28;3*3-2(4,5)1(6)7/h4-6,11-12,21H,2-3,7-10,13-20,26H2,1H3,(H,29,33)(H,31,34)(H4,27,28,30);3*(H,6,7). The number of hydrogen-bond donors (Lipinski definition) is 8. The number of aliphatic carboxylic acids is 3. The van der Waals surface area contributed by atoms with Crippen molar-refractivity contribution in [2.24, 2.45) is 22.2 Å². The molecule has 0 aliphatic carbocycles. The first-order valence-electron chi connectivity index (χ1n) is 16.3. The Balaban J connectivity index is -0.00000108. The second-order valence-corrected chi connectivity index (χ2v) is 11.2. The number of nitrogens with one attached hydrogen (secondary N) is 2. The number of unbranched alkanes of at least 4 members (excludes halogenated alkanes) is 4. The highest BCUT2D eigenvalue weighted by Gasteiger charge is 2.39. The highest BCUT2D eigenvalue weighted by Crippen LogP contribution is 2.14. The van der Waals surface area contributed by atoms with Gasteiger partial charge in [0, 0.05) is 32.2 Å². The molecule has 1 aromatic rings. The van der Waals surface area contributed by atoms with Gasteiger partial charge in [-0.05, 0) is 57.7 Å². The molecule has 0 radical (unpaired) electrons. The zero-order valence-electron chi connectivity index (χ0n) is 30.2. The molecule has 0 bridgehead atoms. The Morgan fingerprint density at radius 2 is 1.18 bits per heavy atom. The molecular weight excluding hydrogens is 785 g/mol. The lowest BCUT2D eigenvalue weighted by Gasteiger charge is -2.23. The van der Waals surface area contributed by atoms with Crippen LogP contribution in [0.25, 0.3) is 0 Å². The van der Waals surface area contributed by atoms with Gasteiger partial charge in [-0.25, -0.2) is 19.2 Å². The van der Waals surface area contributed by atoms with Gasteiger partial charge in [-0.3, -0.25) is 14.7 Å².